The molecule has 98 valence electrons. The average Bonchev–Trinajstić information content (AvgIpc) is 2.46. The fourth-order valence-corrected chi connectivity index (χ4v) is 1.92. The molecule has 1 aromatic rings. The molecule has 18 heavy (non-hydrogen) atoms. The normalized spacial score (nSPS) is 16.8. The molecule has 0 atom stereocenters. The summed E-state index contributed by atoms with van der Waals surface area (Å²) >= 11 is 0. The van der Waals surface area contributed by atoms with Gasteiger partial charge in [0.15, 0.2) is 0 Å². The second-order valence-electron chi connectivity index (χ2n) is 4.03. The average molecular weight is 250 g/mol. The van der Waals surface area contributed by atoms with Crippen LogP contribution in [0, 0.1) is 5.21 Å². The molecule has 0 saturated carbocycles. The quantitative estimate of drug-likeness (QED) is 0.463. The molecule has 1 heterocycles. The van der Waals surface area contributed by atoms with Crippen molar-refractivity contribution in [3.63, 3.8) is 0 Å². The van der Waals surface area contributed by atoms with Gasteiger partial charge in [-0.05, 0) is 19.1 Å². The number of hydrogen-bond donors (Lipinski definition) is 0. The highest BCUT2D eigenvalue weighted by atomic mass is 16.7. The number of nitrogens with zero attached hydrogens (tertiary/aromatic N) is 4. The van der Waals surface area contributed by atoms with E-state index in [1.807, 2.05) is 18.2 Å². The molecule has 0 spiro atoms. The molecule has 0 unspecified atom stereocenters. The molecule has 0 N–H and O–H groups in total. The summed E-state index contributed by atoms with van der Waals surface area (Å²) in [6.45, 7) is 5.12. The fourth-order valence-electron chi connectivity index (χ4n) is 1.92. The van der Waals surface area contributed by atoms with Gasteiger partial charge >= 0.3 is 0 Å². The van der Waals surface area contributed by atoms with Crippen molar-refractivity contribution in [2.75, 3.05) is 37.7 Å². The van der Waals surface area contributed by atoms with Gasteiger partial charge in [0.05, 0.1) is 18.1 Å². The van der Waals surface area contributed by atoms with E-state index in [4.69, 9.17) is 4.84 Å². The highest BCUT2D eigenvalue weighted by Gasteiger charge is 2.22. The van der Waals surface area contributed by atoms with E-state index in [0.29, 0.717) is 24.7 Å². The zero-order chi connectivity index (χ0) is 12.8. The Morgan fingerprint density at radius 3 is 2.50 bits per heavy atom. The Morgan fingerprint density at radius 1 is 1.22 bits per heavy atom. The van der Waals surface area contributed by atoms with E-state index in [2.05, 4.69) is 22.3 Å². The Balaban J connectivity index is 1.88. The molecule has 1 aliphatic heterocycles. The van der Waals surface area contributed by atoms with Crippen molar-refractivity contribution < 1.29 is 9.81 Å². The summed E-state index contributed by atoms with van der Waals surface area (Å²) in [7, 11) is 0. The van der Waals surface area contributed by atoms with Gasteiger partial charge in [-0.15, -0.1) is 5.01 Å². The SMILES string of the molecule is CCO/N=[N+](\[O-])N1CCN(c2ccccc2)CC1. The number of hydrogen-bond acceptors (Lipinski definition) is 4. The van der Waals surface area contributed by atoms with Crippen molar-refractivity contribution in [3.8, 4) is 0 Å². The molecule has 1 aliphatic rings. The second-order valence-corrected chi connectivity index (χ2v) is 4.03. The highest BCUT2D eigenvalue weighted by Crippen LogP contribution is 2.15. The van der Waals surface area contributed by atoms with Crippen LogP contribution in [-0.4, -0.2) is 42.8 Å². The van der Waals surface area contributed by atoms with E-state index in [9.17, 15) is 5.21 Å². The van der Waals surface area contributed by atoms with Gasteiger partial charge in [-0.1, -0.05) is 18.2 Å². The summed E-state index contributed by atoms with van der Waals surface area (Å²) in [5.41, 5.74) is 1.19. The van der Waals surface area contributed by atoms with Crippen molar-refractivity contribution in [1.29, 1.82) is 0 Å². The van der Waals surface area contributed by atoms with Crippen LogP contribution in [0.15, 0.2) is 35.6 Å². The van der Waals surface area contributed by atoms with Gasteiger partial charge in [0, 0.05) is 18.8 Å². The maximum absolute atomic E-state index is 11.5. The summed E-state index contributed by atoms with van der Waals surface area (Å²) in [5.74, 6) is 0. The van der Waals surface area contributed by atoms with Crippen LogP contribution in [0.1, 0.15) is 6.92 Å². The summed E-state index contributed by atoms with van der Waals surface area (Å²) in [6, 6.07) is 10.2. The van der Waals surface area contributed by atoms with Gasteiger partial charge in [-0.2, -0.15) is 0 Å². The van der Waals surface area contributed by atoms with E-state index in [0.717, 1.165) is 13.1 Å². The van der Waals surface area contributed by atoms with Crippen LogP contribution in [-0.2, 0) is 4.84 Å². The van der Waals surface area contributed by atoms with Crippen molar-refractivity contribution in [2.45, 2.75) is 6.92 Å². The number of hydrazine groups is 1. The van der Waals surface area contributed by atoms with Gasteiger partial charge in [0.1, 0.15) is 6.61 Å². The van der Waals surface area contributed by atoms with E-state index in [-0.39, 0.29) is 0 Å². The van der Waals surface area contributed by atoms with Gasteiger partial charge < -0.3 is 14.9 Å². The van der Waals surface area contributed by atoms with Crippen LogP contribution in [0.5, 0.6) is 0 Å². The number of anilines is 1. The van der Waals surface area contributed by atoms with Crippen molar-refractivity contribution >= 4 is 5.69 Å². The number of rotatable bonds is 4. The van der Waals surface area contributed by atoms with Gasteiger partial charge in [-0.3, -0.25) is 0 Å². The first-order valence-electron chi connectivity index (χ1n) is 6.16. The maximum Gasteiger partial charge on any atom is 0.233 e. The Labute approximate surface area is 107 Å². The molecule has 0 amide bonds. The third-order valence-electron chi connectivity index (χ3n) is 2.88. The molecule has 2 rings (SSSR count). The lowest BCUT2D eigenvalue weighted by atomic mass is 10.2. The predicted molar refractivity (Wildman–Crippen MR) is 67.9 cm³/mol. The summed E-state index contributed by atoms with van der Waals surface area (Å²) < 4.78 is 0. The van der Waals surface area contributed by atoms with Gasteiger partial charge in [-0.25, -0.2) is 0 Å². The molecule has 6 heteroatoms. The Bertz CT molecular complexity index is 388. The largest absolute Gasteiger partial charge is 0.569 e. The molecule has 0 aromatic heterocycles. The number of piperazine rings is 1. The number of benzene rings is 1. The minimum atomic E-state index is 0.405. The summed E-state index contributed by atoms with van der Waals surface area (Å²) in [4.78, 5) is 7.55. The Morgan fingerprint density at radius 2 is 1.89 bits per heavy atom. The lowest BCUT2D eigenvalue weighted by molar-refractivity contribution is -0.711. The monoisotopic (exact) mass is 250 g/mol. The fraction of sp³-hybridized carbons (Fsp3) is 0.500. The molecule has 0 bridgehead atoms. The van der Waals surface area contributed by atoms with Crippen LogP contribution in [0.2, 0.25) is 0 Å². The molecule has 0 aliphatic carbocycles. The lowest BCUT2D eigenvalue weighted by Crippen LogP contribution is -2.48. The third kappa shape index (κ3) is 3.03. The topological polar surface area (TPSA) is 54.1 Å². The highest BCUT2D eigenvalue weighted by molar-refractivity contribution is 5.46. The predicted octanol–water partition coefficient (Wildman–Crippen LogP) is 1.64. The minimum absolute atomic E-state index is 0.405. The first kappa shape index (κ1) is 12.5. The first-order chi connectivity index (χ1) is 8.81. The van der Waals surface area contributed by atoms with E-state index < -0.39 is 0 Å². The number of para-hydroxylation sites is 1. The van der Waals surface area contributed by atoms with Crippen molar-refractivity contribution in [1.82, 2.24) is 5.01 Å². The van der Waals surface area contributed by atoms with Gasteiger partial charge in [0.25, 0.3) is 0 Å². The molecule has 0 radical (unpaired) electrons. The van der Waals surface area contributed by atoms with Crippen LogP contribution in [0.25, 0.3) is 0 Å². The Kier molecular flexibility index (Phi) is 4.22. The first-order valence-corrected chi connectivity index (χ1v) is 6.16. The van der Waals surface area contributed by atoms with Crippen LogP contribution in [0.4, 0.5) is 5.69 Å². The lowest BCUT2D eigenvalue weighted by Gasteiger charge is -2.32. The zero-order valence-corrected chi connectivity index (χ0v) is 10.5. The molecule has 1 saturated heterocycles. The minimum Gasteiger partial charge on any atom is -0.569 e. The van der Waals surface area contributed by atoms with E-state index in [1.54, 1.807) is 11.9 Å². The van der Waals surface area contributed by atoms with Gasteiger partial charge in [0.2, 0.25) is 5.28 Å². The van der Waals surface area contributed by atoms with Crippen LogP contribution in [0.3, 0.4) is 0 Å². The van der Waals surface area contributed by atoms with E-state index in [1.165, 1.54) is 5.69 Å². The molecular weight excluding hydrogens is 232 g/mol. The Hall–Kier alpha value is -1.98. The van der Waals surface area contributed by atoms with Crippen molar-refractivity contribution in [3.05, 3.63) is 35.5 Å². The molecule has 1 aromatic carbocycles. The van der Waals surface area contributed by atoms with Crippen LogP contribution >= 0.6 is 0 Å². The van der Waals surface area contributed by atoms with E-state index >= 15 is 0 Å². The molecule has 6 nitrogen and oxygen atoms in total. The second kappa shape index (κ2) is 6.09. The summed E-state index contributed by atoms with van der Waals surface area (Å²) in [6.07, 6.45) is 0. The van der Waals surface area contributed by atoms with Crippen molar-refractivity contribution in [2.24, 2.45) is 5.28 Å². The zero-order valence-electron chi connectivity index (χ0n) is 10.5. The third-order valence-corrected chi connectivity index (χ3v) is 2.88. The molecule has 1 fully saturated rings. The standard InChI is InChI=1S/C12H18N4O2/c1-2-18-13-16(17)15-10-8-14(9-11-15)12-6-4-3-5-7-12/h3-7H,2,8-11H2,1H3/b16-13-. The smallest absolute Gasteiger partial charge is 0.233 e. The maximum atomic E-state index is 11.5. The van der Waals surface area contributed by atoms with Crippen LogP contribution < -0.4 is 4.90 Å². The summed E-state index contributed by atoms with van der Waals surface area (Å²) in [5, 5.41) is 16.6. The molecular formula is C12H18N4O2.